The molecule has 114 valence electrons. The van der Waals surface area contributed by atoms with E-state index in [2.05, 4.69) is 23.5 Å². The number of hydrogen-bond acceptors (Lipinski definition) is 3. The molecule has 3 rings (SSSR count). The second-order valence-electron chi connectivity index (χ2n) is 6.40. The molecule has 2 aromatic rings. The number of aromatic nitrogens is 4. The molecule has 0 radical (unpaired) electrons. The molecule has 2 N–H and O–H groups in total. The van der Waals surface area contributed by atoms with Crippen molar-refractivity contribution in [2.75, 3.05) is 5.73 Å². The van der Waals surface area contributed by atoms with Crippen LogP contribution in [0.5, 0.6) is 0 Å². The van der Waals surface area contributed by atoms with E-state index >= 15 is 0 Å². The molecule has 0 unspecified atom stereocenters. The van der Waals surface area contributed by atoms with Crippen molar-refractivity contribution in [2.45, 2.75) is 57.9 Å². The predicted octanol–water partition coefficient (Wildman–Crippen LogP) is 3.49. The number of hydrogen-bond donors (Lipinski definition) is 1. The van der Waals surface area contributed by atoms with Gasteiger partial charge in [-0.2, -0.15) is 5.10 Å². The van der Waals surface area contributed by atoms with Crippen LogP contribution in [0.2, 0.25) is 0 Å². The van der Waals surface area contributed by atoms with E-state index in [9.17, 15) is 0 Å². The molecule has 0 amide bonds. The van der Waals surface area contributed by atoms with E-state index in [1.807, 2.05) is 24.1 Å². The number of nitrogens with two attached hydrogens (primary N) is 1. The van der Waals surface area contributed by atoms with Crippen molar-refractivity contribution in [2.24, 2.45) is 7.05 Å². The Bertz CT molecular complexity index is 617. The highest BCUT2D eigenvalue weighted by atomic mass is 15.3. The van der Waals surface area contributed by atoms with Gasteiger partial charge in [0.05, 0.1) is 6.20 Å². The van der Waals surface area contributed by atoms with E-state index < -0.39 is 0 Å². The summed E-state index contributed by atoms with van der Waals surface area (Å²) < 4.78 is 4.02. The second-order valence-corrected chi connectivity index (χ2v) is 6.40. The molecule has 1 aliphatic carbocycles. The Labute approximate surface area is 126 Å². The molecule has 21 heavy (non-hydrogen) atoms. The quantitative estimate of drug-likeness (QED) is 0.940. The molecular formula is C16H25N5. The Hall–Kier alpha value is -1.78. The zero-order valence-corrected chi connectivity index (χ0v) is 13.2. The van der Waals surface area contributed by atoms with Gasteiger partial charge in [0.15, 0.2) is 0 Å². The van der Waals surface area contributed by atoms with Crippen molar-refractivity contribution >= 4 is 5.82 Å². The standard InChI is InChI=1S/C16H25N5/c1-11(2)21-10-13(9-18-21)14-15(17)20(3)16(19-14)12-7-5-4-6-8-12/h9-12H,4-8,17H2,1-3H3. The molecule has 0 aliphatic heterocycles. The lowest BCUT2D eigenvalue weighted by molar-refractivity contribution is 0.422. The van der Waals surface area contributed by atoms with Gasteiger partial charge in [-0.1, -0.05) is 19.3 Å². The van der Waals surface area contributed by atoms with E-state index in [0.717, 1.165) is 22.9 Å². The lowest BCUT2D eigenvalue weighted by atomic mass is 9.89. The average molecular weight is 287 g/mol. The Balaban J connectivity index is 1.95. The summed E-state index contributed by atoms with van der Waals surface area (Å²) in [7, 11) is 2.03. The van der Waals surface area contributed by atoms with Gasteiger partial charge < -0.3 is 10.3 Å². The molecule has 0 bridgehead atoms. The Morgan fingerprint density at radius 3 is 2.57 bits per heavy atom. The number of anilines is 1. The zero-order valence-electron chi connectivity index (χ0n) is 13.2. The van der Waals surface area contributed by atoms with Gasteiger partial charge in [0.25, 0.3) is 0 Å². The number of nitrogen functional groups attached to an aromatic ring is 1. The van der Waals surface area contributed by atoms with E-state index in [4.69, 9.17) is 10.7 Å². The molecular weight excluding hydrogens is 262 g/mol. The minimum atomic E-state index is 0.349. The van der Waals surface area contributed by atoms with Gasteiger partial charge in [-0.05, 0) is 26.7 Å². The van der Waals surface area contributed by atoms with Crippen LogP contribution in [0.15, 0.2) is 12.4 Å². The van der Waals surface area contributed by atoms with Crippen LogP contribution in [-0.2, 0) is 7.05 Å². The summed E-state index contributed by atoms with van der Waals surface area (Å²) >= 11 is 0. The molecule has 0 saturated heterocycles. The highest BCUT2D eigenvalue weighted by Crippen LogP contribution is 2.35. The van der Waals surface area contributed by atoms with Crippen molar-refractivity contribution in [1.82, 2.24) is 19.3 Å². The van der Waals surface area contributed by atoms with E-state index in [-0.39, 0.29) is 0 Å². The Kier molecular flexibility index (Phi) is 3.74. The smallest absolute Gasteiger partial charge is 0.131 e. The summed E-state index contributed by atoms with van der Waals surface area (Å²) in [6.45, 7) is 4.23. The van der Waals surface area contributed by atoms with E-state index in [1.165, 1.54) is 32.1 Å². The Morgan fingerprint density at radius 2 is 1.95 bits per heavy atom. The largest absolute Gasteiger partial charge is 0.383 e. The van der Waals surface area contributed by atoms with Crippen LogP contribution in [0.4, 0.5) is 5.82 Å². The highest BCUT2D eigenvalue weighted by molar-refractivity contribution is 5.70. The van der Waals surface area contributed by atoms with Gasteiger partial charge >= 0.3 is 0 Å². The lowest BCUT2D eigenvalue weighted by Gasteiger charge is -2.21. The Morgan fingerprint density at radius 1 is 1.24 bits per heavy atom. The highest BCUT2D eigenvalue weighted by Gasteiger charge is 2.23. The SMILES string of the molecule is CC(C)n1cc(-c2nc(C3CCCCC3)n(C)c2N)cn1. The van der Waals surface area contributed by atoms with Crippen molar-refractivity contribution < 1.29 is 0 Å². The summed E-state index contributed by atoms with van der Waals surface area (Å²) in [4.78, 5) is 4.86. The molecule has 2 aromatic heterocycles. The summed E-state index contributed by atoms with van der Waals surface area (Å²) in [5.74, 6) is 2.44. The molecule has 5 nitrogen and oxygen atoms in total. The van der Waals surface area contributed by atoms with Crippen molar-refractivity contribution in [3.05, 3.63) is 18.2 Å². The zero-order chi connectivity index (χ0) is 15.0. The minimum Gasteiger partial charge on any atom is -0.383 e. The minimum absolute atomic E-state index is 0.349. The summed E-state index contributed by atoms with van der Waals surface area (Å²) in [5, 5.41) is 4.40. The first-order chi connectivity index (χ1) is 10.1. The van der Waals surface area contributed by atoms with Crippen LogP contribution in [0.25, 0.3) is 11.3 Å². The molecule has 1 saturated carbocycles. The fourth-order valence-electron chi connectivity index (χ4n) is 3.21. The third kappa shape index (κ3) is 2.57. The van der Waals surface area contributed by atoms with Crippen LogP contribution >= 0.6 is 0 Å². The first kappa shape index (κ1) is 14.2. The van der Waals surface area contributed by atoms with Crippen molar-refractivity contribution in [1.29, 1.82) is 0 Å². The fraction of sp³-hybridized carbons (Fsp3) is 0.625. The first-order valence-electron chi connectivity index (χ1n) is 7.94. The molecule has 0 aromatic carbocycles. The summed E-state index contributed by atoms with van der Waals surface area (Å²) in [5.41, 5.74) is 8.18. The molecule has 5 heteroatoms. The van der Waals surface area contributed by atoms with Crippen LogP contribution in [0, 0.1) is 0 Å². The third-order valence-electron chi connectivity index (χ3n) is 4.55. The van der Waals surface area contributed by atoms with E-state index in [0.29, 0.717) is 12.0 Å². The second kappa shape index (κ2) is 5.54. The predicted molar refractivity (Wildman–Crippen MR) is 85.1 cm³/mol. The molecule has 2 heterocycles. The van der Waals surface area contributed by atoms with Gasteiger partial charge in [-0.25, -0.2) is 4.98 Å². The first-order valence-corrected chi connectivity index (χ1v) is 7.94. The molecule has 1 fully saturated rings. The van der Waals surface area contributed by atoms with E-state index in [1.54, 1.807) is 0 Å². The van der Waals surface area contributed by atoms with Crippen LogP contribution in [0.1, 0.15) is 63.7 Å². The summed E-state index contributed by atoms with van der Waals surface area (Å²) in [6.07, 6.45) is 10.3. The van der Waals surface area contributed by atoms with Crippen molar-refractivity contribution in [3.8, 4) is 11.3 Å². The van der Waals surface area contributed by atoms with Crippen LogP contribution in [-0.4, -0.2) is 19.3 Å². The third-order valence-corrected chi connectivity index (χ3v) is 4.55. The lowest BCUT2D eigenvalue weighted by Crippen LogP contribution is -2.11. The molecule has 1 aliphatic rings. The van der Waals surface area contributed by atoms with Gasteiger partial charge in [0, 0.05) is 30.8 Å². The molecule has 0 atom stereocenters. The molecule has 0 spiro atoms. The average Bonchev–Trinajstić information content (AvgIpc) is 3.07. The van der Waals surface area contributed by atoms with Gasteiger partial charge in [-0.3, -0.25) is 4.68 Å². The van der Waals surface area contributed by atoms with Crippen molar-refractivity contribution in [3.63, 3.8) is 0 Å². The fourth-order valence-corrected chi connectivity index (χ4v) is 3.21. The maximum Gasteiger partial charge on any atom is 0.131 e. The van der Waals surface area contributed by atoms with Gasteiger partial charge in [0.2, 0.25) is 0 Å². The van der Waals surface area contributed by atoms with Gasteiger partial charge in [-0.15, -0.1) is 0 Å². The topological polar surface area (TPSA) is 61.7 Å². The summed E-state index contributed by atoms with van der Waals surface area (Å²) in [6, 6.07) is 0.349. The number of nitrogens with zero attached hydrogens (tertiary/aromatic N) is 4. The van der Waals surface area contributed by atoms with Crippen LogP contribution in [0.3, 0.4) is 0 Å². The van der Waals surface area contributed by atoms with Gasteiger partial charge in [0.1, 0.15) is 17.3 Å². The maximum atomic E-state index is 6.29. The monoisotopic (exact) mass is 287 g/mol. The normalized spacial score (nSPS) is 16.8. The number of imidazole rings is 1. The number of rotatable bonds is 3. The van der Waals surface area contributed by atoms with Crippen LogP contribution < -0.4 is 5.73 Å². The maximum absolute atomic E-state index is 6.29.